The Kier molecular flexibility index (Phi) is 8.75. The van der Waals surface area contributed by atoms with Crippen molar-refractivity contribution in [2.45, 2.75) is 27.3 Å². The predicted octanol–water partition coefficient (Wildman–Crippen LogP) is 2.08. The number of hydrogen-bond donors (Lipinski definition) is 2. The van der Waals surface area contributed by atoms with Crippen LogP contribution in [-0.4, -0.2) is 24.0 Å². The molecule has 0 amide bonds. The van der Waals surface area contributed by atoms with E-state index in [4.69, 9.17) is 0 Å². The third-order valence-corrected chi connectivity index (χ3v) is 2.04. The van der Waals surface area contributed by atoms with Gasteiger partial charge in [-0.2, -0.15) is 0 Å². The standard InChI is InChI=1S/C12H20N4.HI/c1-4-14-12(15-5-2)16-9-11-6-10(3)7-13-8-11;/h6-8H,4-5,9H2,1-3H3,(H2,14,15,16);1H. The lowest BCUT2D eigenvalue weighted by Crippen LogP contribution is -2.36. The maximum absolute atomic E-state index is 4.47. The lowest BCUT2D eigenvalue weighted by Gasteiger charge is -2.08. The number of nitrogens with one attached hydrogen (secondary N) is 2. The lowest BCUT2D eigenvalue weighted by molar-refractivity contribution is 0.838. The molecule has 0 aliphatic carbocycles. The third-order valence-electron chi connectivity index (χ3n) is 2.04. The van der Waals surface area contributed by atoms with Gasteiger partial charge in [-0.15, -0.1) is 24.0 Å². The summed E-state index contributed by atoms with van der Waals surface area (Å²) in [5, 5.41) is 6.37. The molecular formula is C12H21IN4. The first-order valence-corrected chi connectivity index (χ1v) is 5.69. The molecule has 0 unspecified atom stereocenters. The molecule has 2 N–H and O–H groups in total. The van der Waals surface area contributed by atoms with E-state index < -0.39 is 0 Å². The lowest BCUT2D eigenvalue weighted by atomic mass is 10.2. The smallest absolute Gasteiger partial charge is 0.191 e. The van der Waals surface area contributed by atoms with Crippen molar-refractivity contribution in [1.82, 2.24) is 15.6 Å². The van der Waals surface area contributed by atoms with Gasteiger partial charge in [-0.25, -0.2) is 4.99 Å². The molecule has 4 nitrogen and oxygen atoms in total. The minimum absolute atomic E-state index is 0. The van der Waals surface area contributed by atoms with E-state index in [-0.39, 0.29) is 24.0 Å². The molecule has 0 bridgehead atoms. The molecular weight excluding hydrogens is 327 g/mol. The van der Waals surface area contributed by atoms with Crippen molar-refractivity contribution in [1.29, 1.82) is 0 Å². The van der Waals surface area contributed by atoms with Crippen molar-refractivity contribution < 1.29 is 0 Å². The molecule has 0 saturated carbocycles. The van der Waals surface area contributed by atoms with Crippen LogP contribution < -0.4 is 10.6 Å². The van der Waals surface area contributed by atoms with E-state index in [0.29, 0.717) is 6.54 Å². The molecule has 0 aliphatic rings. The first kappa shape index (κ1) is 16.1. The summed E-state index contributed by atoms with van der Waals surface area (Å²) in [6, 6.07) is 2.10. The van der Waals surface area contributed by atoms with Gasteiger partial charge in [-0.05, 0) is 31.9 Å². The van der Waals surface area contributed by atoms with Gasteiger partial charge in [-0.1, -0.05) is 6.07 Å². The Morgan fingerprint density at radius 1 is 1.24 bits per heavy atom. The molecule has 0 spiro atoms. The van der Waals surface area contributed by atoms with Gasteiger partial charge >= 0.3 is 0 Å². The molecule has 5 heteroatoms. The van der Waals surface area contributed by atoms with Crippen LogP contribution in [0, 0.1) is 6.92 Å². The van der Waals surface area contributed by atoms with Crippen molar-refractivity contribution in [3.05, 3.63) is 29.6 Å². The van der Waals surface area contributed by atoms with E-state index in [1.807, 2.05) is 19.3 Å². The summed E-state index contributed by atoms with van der Waals surface area (Å²) in [5.41, 5.74) is 2.30. The van der Waals surface area contributed by atoms with Crippen LogP contribution in [0.3, 0.4) is 0 Å². The minimum Gasteiger partial charge on any atom is -0.357 e. The largest absolute Gasteiger partial charge is 0.357 e. The summed E-state index contributed by atoms with van der Waals surface area (Å²) in [4.78, 5) is 8.61. The van der Waals surface area contributed by atoms with Crippen molar-refractivity contribution in [2.75, 3.05) is 13.1 Å². The van der Waals surface area contributed by atoms with Gasteiger partial charge in [0.25, 0.3) is 0 Å². The SMILES string of the molecule is CCNC(=NCc1cncc(C)c1)NCC.I. The highest BCUT2D eigenvalue weighted by Gasteiger charge is 1.96. The molecule has 17 heavy (non-hydrogen) atoms. The second kappa shape index (κ2) is 9.21. The molecule has 0 saturated heterocycles. The number of pyridine rings is 1. The number of guanidine groups is 1. The number of rotatable bonds is 4. The zero-order valence-corrected chi connectivity index (χ0v) is 13.0. The quantitative estimate of drug-likeness (QED) is 0.498. The average Bonchev–Trinajstić information content (AvgIpc) is 2.27. The Bertz CT molecular complexity index is 344. The predicted molar refractivity (Wildman–Crippen MR) is 82.9 cm³/mol. The Labute approximate surface area is 120 Å². The van der Waals surface area contributed by atoms with Gasteiger partial charge in [0.05, 0.1) is 6.54 Å². The van der Waals surface area contributed by atoms with E-state index >= 15 is 0 Å². The summed E-state index contributed by atoms with van der Waals surface area (Å²) < 4.78 is 0. The molecule has 0 fully saturated rings. The zero-order valence-electron chi connectivity index (χ0n) is 10.7. The first-order valence-electron chi connectivity index (χ1n) is 5.69. The van der Waals surface area contributed by atoms with E-state index in [9.17, 15) is 0 Å². The Morgan fingerprint density at radius 2 is 1.88 bits per heavy atom. The highest BCUT2D eigenvalue weighted by Crippen LogP contribution is 2.02. The van der Waals surface area contributed by atoms with Crippen molar-refractivity contribution in [3.8, 4) is 0 Å². The van der Waals surface area contributed by atoms with Crippen LogP contribution in [0.1, 0.15) is 25.0 Å². The number of halogens is 1. The number of aliphatic imine (C=N–C) groups is 1. The second-order valence-corrected chi connectivity index (χ2v) is 3.60. The highest BCUT2D eigenvalue weighted by atomic mass is 127. The molecule has 0 radical (unpaired) electrons. The van der Waals surface area contributed by atoms with Crippen LogP contribution in [0.15, 0.2) is 23.5 Å². The van der Waals surface area contributed by atoms with Crippen LogP contribution in [0.4, 0.5) is 0 Å². The van der Waals surface area contributed by atoms with Crippen LogP contribution in [-0.2, 0) is 6.54 Å². The van der Waals surface area contributed by atoms with Gasteiger partial charge in [0, 0.05) is 25.5 Å². The number of aromatic nitrogens is 1. The van der Waals surface area contributed by atoms with Crippen LogP contribution >= 0.6 is 24.0 Å². The Morgan fingerprint density at radius 3 is 2.41 bits per heavy atom. The molecule has 1 heterocycles. The van der Waals surface area contributed by atoms with Gasteiger partial charge in [0.1, 0.15) is 0 Å². The molecule has 1 aromatic rings. The molecule has 0 aromatic carbocycles. The maximum atomic E-state index is 4.47. The fraction of sp³-hybridized carbons (Fsp3) is 0.500. The maximum Gasteiger partial charge on any atom is 0.191 e. The molecule has 1 rings (SSSR count). The zero-order chi connectivity index (χ0) is 11.8. The topological polar surface area (TPSA) is 49.3 Å². The van der Waals surface area contributed by atoms with Gasteiger partial charge in [0.15, 0.2) is 5.96 Å². The van der Waals surface area contributed by atoms with Crippen molar-refractivity contribution in [2.24, 2.45) is 4.99 Å². The van der Waals surface area contributed by atoms with E-state index in [0.717, 1.165) is 24.6 Å². The normalized spacial score (nSPS) is 9.12. The van der Waals surface area contributed by atoms with Gasteiger partial charge in [-0.3, -0.25) is 4.98 Å². The summed E-state index contributed by atoms with van der Waals surface area (Å²) in [6.07, 6.45) is 3.70. The summed E-state index contributed by atoms with van der Waals surface area (Å²) in [7, 11) is 0. The highest BCUT2D eigenvalue weighted by molar-refractivity contribution is 14.0. The molecule has 0 atom stereocenters. The van der Waals surface area contributed by atoms with E-state index in [2.05, 4.69) is 40.5 Å². The molecule has 96 valence electrons. The first-order chi connectivity index (χ1) is 7.76. The monoisotopic (exact) mass is 348 g/mol. The number of aryl methyl sites for hydroxylation is 1. The molecule has 1 aromatic heterocycles. The second-order valence-electron chi connectivity index (χ2n) is 3.60. The Hall–Kier alpha value is -0.850. The number of hydrogen-bond acceptors (Lipinski definition) is 2. The Balaban J connectivity index is 0.00000256. The molecule has 0 aliphatic heterocycles. The third kappa shape index (κ3) is 6.45. The fourth-order valence-electron chi connectivity index (χ4n) is 1.38. The van der Waals surface area contributed by atoms with Crippen molar-refractivity contribution >= 4 is 29.9 Å². The number of nitrogens with zero attached hydrogens (tertiary/aromatic N) is 2. The van der Waals surface area contributed by atoms with E-state index in [1.165, 1.54) is 5.56 Å². The van der Waals surface area contributed by atoms with Crippen molar-refractivity contribution in [3.63, 3.8) is 0 Å². The average molecular weight is 348 g/mol. The van der Waals surface area contributed by atoms with Gasteiger partial charge in [0.2, 0.25) is 0 Å². The summed E-state index contributed by atoms with van der Waals surface area (Å²) >= 11 is 0. The minimum atomic E-state index is 0. The van der Waals surface area contributed by atoms with Gasteiger partial charge < -0.3 is 10.6 Å². The summed E-state index contributed by atoms with van der Waals surface area (Å²) in [6.45, 7) is 8.55. The van der Waals surface area contributed by atoms with E-state index in [1.54, 1.807) is 0 Å². The van der Waals surface area contributed by atoms with Crippen LogP contribution in [0.25, 0.3) is 0 Å². The fourth-order valence-corrected chi connectivity index (χ4v) is 1.38. The summed E-state index contributed by atoms with van der Waals surface area (Å²) in [5.74, 6) is 0.853. The van der Waals surface area contributed by atoms with Crippen LogP contribution in [0.2, 0.25) is 0 Å². The van der Waals surface area contributed by atoms with Crippen LogP contribution in [0.5, 0.6) is 0 Å².